The van der Waals surface area contributed by atoms with Gasteiger partial charge < -0.3 is 5.11 Å². The summed E-state index contributed by atoms with van der Waals surface area (Å²) in [6, 6.07) is 7.22. The van der Waals surface area contributed by atoms with E-state index < -0.39 is 6.10 Å². The number of Topliss-reactive ketones (excluding diaryl/α,β-unsaturated/α-hetero) is 1. The number of ketones is 1. The molecule has 0 aliphatic heterocycles. The van der Waals surface area contributed by atoms with Gasteiger partial charge >= 0.3 is 0 Å². The zero-order chi connectivity index (χ0) is 11.4. The van der Waals surface area contributed by atoms with E-state index in [1.165, 1.54) is 0 Å². The van der Waals surface area contributed by atoms with E-state index in [1.807, 2.05) is 32.9 Å². The molecule has 0 heterocycles. The topological polar surface area (TPSA) is 37.3 Å². The van der Waals surface area contributed by atoms with Crippen LogP contribution in [-0.4, -0.2) is 10.9 Å². The first-order valence-corrected chi connectivity index (χ1v) is 5.37. The maximum absolute atomic E-state index is 11.4. The fraction of sp³-hybridized carbons (Fsp3) is 0.462. The number of carbonyl (C=O) groups is 1. The molecule has 1 aromatic rings. The van der Waals surface area contributed by atoms with Crippen LogP contribution in [-0.2, 0) is 0 Å². The lowest BCUT2D eigenvalue weighted by Crippen LogP contribution is -2.06. The van der Waals surface area contributed by atoms with Gasteiger partial charge in [-0.25, -0.2) is 0 Å². The lowest BCUT2D eigenvalue weighted by molar-refractivity contribution is 0.0987. The molecule has 0 aromatic heterocycles. The van der Waals surface area contributed by atoms with Crippen molar-refractivity contribution in [2.45, 2.75) is 33.3 Å². The Morgan fingerprint density at radius 3 is 2.20 bits per heavy atom. The van der Waals surface area contributed by atoms with Crippen LogP contribution in [0, 0.1) is 5.92 Å². The summed E-state index contributed by atoms with van der Waals surface area (Å²) in [6.07, 6.45) is 0.0716. The van der Waals surface area contributed by atoms with Crippen LogP contribution in [0.1, 0.15) is 49.2 Å². The molecule has 1 rings (SSSR count). The average Bonchev–Trinajstić information content (AvgIpc) is 2.27. The van der Waals surface area contributed by atoms with Gasteiger partial charge in [0.2, 0.25) is 0 Å². The van der Waals surface area contributed by atoms with Crippen LogP contribution in [0.3, 0.4) is 0 Å². The number of hydrogen-bond acceptors (Lipinski definition) is 2. The van der Waals surface area contributed by atoms with Gasteiger partial charge in [-0.1, -0.05) is 45.0 Å². The fourth-order valence-corrected chi connectivity index (χ4v) is 1.46. The van der Waals surface area contributed by atoms with E-state index in [4.69, 9.17) is 0 Å². The molecule has 0 bridgehead atoms. The zero-order valence-electron chi connectivity index (χ0n) is 9.53. The van der Waals surface area contributed by atoms with Crippen LogP contribution in [0.15, 0.2) is 24.3 Å². The lowest BCUT2D eigenvalue weighted by atomic mass is 9.97. The third-order valence-electron chi connectivity index (χ3n) is 2.53. The first-order chi connectivity index (χ1) is 7.06. The molecular formula is C13H18O2. The summed E-state index contributed by atoms with van der Waals surface area (Å²) in [4.78, 5) is 11.4. The second kappa shape index (κ2) is 5.08. The highest BCUT2D eigenvalue weighted by atomic mass is 16.3. The Bertz CT molecular complexity index is 325. The molecule has 2 heteroatoms. The van der Waals surface area contributed by atoms with Gasteiger partial charge in [0.15, 0.2) is 5.78 Å². The largest absolute Gasteiger partial charge is 0.388 e. The maximum atomic E-state index is 11.4. The summed E-state index contributed by atoms with van der Waals surface area (Å²) in [6.45, 7) is 5.78. The van der Waals surface area contributed by atoms with Gasteiger partial charge in [-0.2, -0.15) is 0 Å². The minimum absolute atomic E-state index is 0.139. The second-order valence-electron chi connectivity index (χ2n) is 4.09. The Morgan fingerprint density at radius 1 is 1.27 bits per heavy atom. The van der Waals surface area contributed by atoms with Crippen molar-refractivity contribution in [3.8, 4) is 0 Å². The standard InChI is InChI=1S/C13H18O2/c1-4-12(14)10-5-7-11(8-6-10)13(15)9(2)3/h5-9,13,15H,4H2,1-3H3. The molecule has 2 nitrogen and oxygen atoms in total. The highest BCUT2D eigenvalue weighted by molar-refractivity contribution is 5.95. The number of benzene rings is 1. The Hall–Kier alpha value is -1.15. The van der Waals surface area contributed by atoms with E-state index in [0.29, 0.717) is 6.42 Å². The molecule has 1 aromatic carbocycles. The smallest absolute Gasteiger partial charge is 0.162 e. The summed E-state index contributed by atoms with van der Waals surface area (Å²) in [5.41, 5.74) is 1.59. The van der Waals surface area contributed by atoms with Crippen LogP contribution in [0.5, 0.6) is 0 Å². The minimum Gasteiger partial charge on any atom is -0.388 e. The van der Waals surface area contributed by atoms with Crippen molar-refractivity contribution < 1.29 is 9.90 Å². The number of hydrogen-bond donors (Lipinski definition) is 1. The molecule has 1 atom stereocenters. The molecule has 0 saturated carbocycles. The third-order valence-corrected chi connectivity index (χ3v) is 2.53. The van der Waals surface area contributed by atoms with E-state index in [1.54, 1.807) is 12.1 Å². The summed E-state index contributed by atoms with van der Waals surface area (Å²) in [5.74, 6) is 0.332. The molecule has 0 radical (unpaired) electrons. The normalized spacial score (nSPS) is 12.9. The van der Waals surface area contributed by atoms with Crippen LogP contribution >= 0.6 is 0 Å². The predicted octanol–water partition coefficient (Wildman–Crippen LogP) is 2.97. The SMILES string of the molecule is CCC(=O)c1ccc(C(O)C(C)C)cc1. The highest BCUT2D eigenvalue weighted by Crippen LogP contribution is 2.21. The third kappa shape index (κ3) is 2.90. The molecule has 0 spiro atoms. The second-order valence-corrected chi connectivity index (χ2v) is 4.09. The maximum Gasteiger partial charge on any atom is 0.162 e. The van der Waals surface area contributed by atoms with Crippen LogP contribution in [0.2, 0.25) is 0 Å². The van der Waals surface area contributed by atoms with E-state index in [9.17, 15) is 9.90 Å². The van der Waals surface area contributed by atoms with E-state index in [2.05, 4.69) is 0 Å². The van der Waals surface area contributed by atoms with Crippen LogP contribution in [0.25, 0.3) is 0 Å². The molecule has 0 saturated heterocycles. The zero-order valence-corrected chi connectivity index (χ0v) is 9.53. The average molecular weight is 206 g/mol. The van der Waals surface area contributed by atoms with Gasteiger partial charge in [-0.05, 0) is 11.5 Å². The Morgan fingerprint density at radius 2 is 1.80 bits per heavy atom. The summed E-state index contributed by atoms with van der Waals surface area (Å²) in [7, 11) is 0. The van der Waals surface area contributed by atoms with Crippen molar-refractivity contribution in [3.05, 3.63) is 35.4 Å². The lowest BCUT2D eigenvalue weighted by Gasteiger charge is -2.14. The van der Waals surface area contributed by atoms with Crippen molar-refractivity contribution in [1.82, 2.24) is 0 Å². The van der Waals surface area contributed by atoms with Crippen molar-refractivity contribution in [1.29, 1.82) is 0 Å². The Labute approximate surface area is 90.9 Å². The molecule has 0 amide bonds. The fourth-order valence-electron chi connectivity index (χ4n) is 1.46. The molecule has 0 fully saturated rings. The van der Waals surface area contributed by atoms with Gasteiger partial charge in [-0.15, -0.1) is 0 Å². The predicted molar refractivity (Wildman–Crippen MR) is 60.9 cm³/mol. The first kappa shape index (κ1) is 11.9. The number of aliphatic hydroxyl groups excluding tert-OH is 1. The minimum atomic E-state index is -0.448. The summed E-state index contributed by atoms with van der Waals surface area (Å²) >= 11 is 0. The van der Waals surface area contributed by atoms with E-state index >= 15 is 0 Å². The molecule has 82 valence electrons. The van der Waals surface area contributed by atoms with Gasteiger partial charge in [-0.3, -0.25) is 4.79 Å². The quantitative estimate of drug-likeness (QED) is 0.769. The molecule has 0 aliphatic carbocycles. The monoisotopic (exact) mass is 206 g/mol. The van der Waals surface area contributed by atoms with Gasteiger partial charge in [0, 0.05) is 12.0 Å². The molecule has 0 aliphatic rings. The van der Waals surface area contributed by atoms with Gasteiger partial charge in [0.05, 0.1) is 6.10 Å². The van der Waals surface area contributed by atoms with Crippen molar-refractivity contribution in [3.63, 3.8) is 0 Å². The van der Waals surface area contributed by atoms with E-state index in [0.717, 1.165) is 11.1 Å². The number of aliphatic hydroxyl groups is 1. The Kier molecular flexibility index (Phi) is 4.04. The van der Waals surface area contributed by atoms with Gasteiger partial charge in [0.25, 0.3) is 0 Å². The van der Waals surface area contributed by atoms with Gasteiger partial charge in [0.1, 0.15) is 0 Å². The molecule has 15 heavy (non-hydrogen) atoms. The molecule has 1 unspecified atom stereocenters. The summed E-state index contributed by atoms with van der Waals surface area (Å²) < 4.78 is 0. The van der Waals surface area contributed by atoms with Crippen molar-refractivity contribution in [2.75, 3.05) is 0 Å². The first-order valence-electron chi connectivity index (χ1n) is 5.37. The highest BCUT2D eigenvalue weighted by Gasteiger charge is 2.12. The van der Waals surface area contributed by atoms with Crippen molar-refractivity contribution >= 4 is 5.78 Å². The van der Waals surface area contributed by atoms with Crippen molar-refractivity contribution in [2.24, 2.45) is 5.92 Å². The van der Waals surface area contributed by atoms with Crippen LogP contribution in [0.4, 0.5) is 0 Å². The summed E-state index contributed by atoms with van der Waals surface area (Å²) in [5, 5.41) is 9.80. The molecular weight excluding hydrogens is 188 g/mol. The van der Waals surface area contributed by atoms with Crippen LogP contribution < -0.4 is 0 Å². The van der Waals surface area contributed by atoms with E-state index in [-0.39, 0.29) is 11.7 Å². The Balaban J connectivity index is 2.85. The molecule has 1 N–H and O–H groups in total. The number of rotatable bonds is 4. The number of carbonyl (C=O) groups excluding carboxylic acids is 1.